The number of hydrogen-bond acceptors (Lipinski definition) is 5. The summed E-state index contributed by atoms with van der Waals surface area (Å²) >= 11 is 0. The zero-order chi connectivity index (χ0) is 21.8. The van der Waals surface area contributed by atoms with Crippen LogP contribution in [-0.2, 0) is 17.7 Å². The van der Waals surface area contributed by atoms with Gasteiger partial charge in [0.15, 0.2) is 5.82 Å². The van der Waals surface area contributed by atoms with Crippen LogP contribution in [0.5, 0.6) is 0 Å². The molecule has 1 unspecified atom stereocenters. The van der Waals surface area contributed by atoms with Crippen molar-refractivity contribution in [2.24, 2.45) is 0 Å². The monoisotopic (exact) mass is 422 g/mol. The summed E-state index contributed by atoms with van der Waals surface area (Å²) in [6, 6.07) is 12.0. The van der Waals surface area contributed by atoms with Gasteiger partial charge >= 0.3 is 0 Å². The van der Waals surface area contributed by atoms with E-state index in [4.69, 9.17) is 9.26 Å². The normalized spacial score (nSPS) is 16.2. The zero-order valence-electron chi connectivity index (χ0n) is 18.5. The molecule has 31 heavy (non-hydrogen) atoms. The first kappa shape index (κ1) is 21.3. The predicted octanol–water partition coefficient (Wildman–Crippen LogP) is 4.04. The van der Waals surface area contributed by atoms with E-state index in [1.54, 1.807) is 7.11 Å². The Labute approximate surface area is 183 Å². The number of amides is 1. The molecule has 7 nitrogen and oxygen atoms in total. The Morgan fingerprint density at radius 2 is 2.06 bits per heavy atom. The van der Waals surface area contributed by atoms with Gasteiger partial charge in [-0.15, -0.1) is 0 Å². The SMILES string of the molecule is COCCn1c(C)cc(C(=O)N2CCCC2CCc2noc(-c3ccccc3)n2)c1C. The number of methoxy groups -OCH3 is 1. The molecule has 0 aliphatic carbocycles. The summed E-state index contributed by atoms with van der Waals surface area (Å²) in [6.45, 7) is 6.25. The van der Waals surface area contributed by atoms with Gasteiger partial charge in [-0.3, -0.25) is 4.79 Å². The van der Waals surface area contributed by atoms with Crippen LogP contribution in [0.1, 0.15) is 46.8 Å². The van der Waals surface area contributed by atoms with Crippen LogP contribution in [0, 0.1) is 13.8 Å². The molecule has 1 aliphatic rings. The Hall–Kier alpha value is -2.93. The maximum absolute atomic E-state index is 13.3. The van der Waals surface area contributed by atoms with Crippen LogP contribution in [0.15, 0.2) is 40.9 Å². The number of rotatable bonds is 8. The molecule has 164 valence electrons. The number of carbonyl (C=O) groups is 1. The Bertz CT molecular complexity index is 1020. The zero-order valence-corrected chi connectivity index (χ0v) is 18.5. The molecule has 4 rings (SSSR count). The van der Waals surface area contributed by atoms with Crippen LogP contribution >= 0.6 is 0 Å². The number of carbonyl (C=O) groups excluding carboxylic acids is 1. The van der Waals surface area contributed by atoms with Gasteiger partial charge in [0.25, 0.3) is 11.8 Å². The van der Waals surface area contributed by atoms with Crippen molar-refractivity contribution >= 4 is 5.91 Å². The summed E-state index contributed by atoms with van der Waals surface area (Å²) in [5, 5.41) is 4.13. The third kappa shape index (κ3) is 4.56. The summed E-state index contributed by atoms with van der Waals surface area (Å²) in [5.41, 5.74) is 3.82. The maximum Gasteiger partial charge on any atom is 0.257 e. The molecule has 7 heteroatoms. The molecule has 1 saturated heterocycles. The highest BCUT2D eigenvalue weighted by molar-refractivity contribution is 5.96. The largest absolute Gasteiger partial charge is 0.383 e. The van der Waals surface area contributed by atoms with Crippen molar-refractivity contribution in [2.75, 3.05) is 20.3 Å². The quantitative estimate of drug-likeness (QED) is 0.548. The van der Waals surface area contributed by atoms with E-state index in [-0.39, 0.29) is 11.9 Å². The number of ether oxygens (including phenoxy) is 1. The molecule has 2 aromatic heterocycles. The molecule has 3 heterocycles. The van der Waals surface area contributed by atoms with E-state index in [0.717, 1.165) is 54.9 Å². The van der Waals surface area contributed by atoms with Gasteiger partial charge in [-0.1, -0.05) is 23.4 Å². The van der Waals surface area contributed by atoms with Crippen molar-refractivity contribution in [3.63, 3.8) is 0 Å². The van der Waals surface area contributed by atoms with E-state index in [1.807, 2.05) is 55.1 Å². The summed E-state index contributed by atoms with van der Waals surface area (Å²) in [7, 11) is 1.70. The first-order valence-electron chi connectivity index (χ1n) is 10.9. The Morgan fingerprint density at radius 3 is 2.84 bits per heavy atom. The standard InChI is InChI=1S/C24H30N4O3/c1-17-16-21(18(2)27(17)14-15-30-3)24(29)28-13-7-10-20(28)11-12-22-25-23(31-26-22)19-8-5-4-6-9-19/h4-6,8-9,16,20H,7,10-15H2,1-3H3. The maximum atomic E-state index is 13.3. The molecular formula is C24H30N4O3. The van der Waals surface area contributed by atoms with Gasteiger partial charge in [-0.25, -0.2) is 0 Å². The third-order valence-electron chi connectivity index (χ3n) is 6.15. The van der Waals surface area contributed by atoms with E-state index in [1.165, 1.54) is 0 Å². The number of nitrogens with zero attached hydrogens (tertiary/aromatic N) is 4. The van der Waals surface area contributed by atoms with Crippen LogP contribution in [0.2, 0.25) is 0 Å². The van der Waals surface area contributed by atoms with Crippen LogP contribution < -0.4 is 0 Å². The summed E-state index contributed by atoms with van der Waals surface area (Å²) < 4.78 is 12.8. The Balaban J connectivity index is 1.42. The molecule has 1 aromatic carbocycles. The lowest BCUT2D eigenvalue weighted by Crippen LogP contribution is -2.36. The first-order chi connectivity index (χ1) is 15.1. The van der Waals surface area contributed by atoms with Crippen molar-refractivity contribution in [3.8, 4) is 11.5 Å². The molecule has 0 N–H and O–H groups in total. The van der Waals surface area contributed by atoms with Crippen molar-refractivity contribution in [1.29, 1.82) is 0 Å². The average Bonchev–Trinajstić information content (AvgIpc) is 3.51. The lowest BCUT2D eigenvalue weighted by molar-refractivity contribution is 0.0729. The van der Waals surface area contributed by atoms with Gasteiger partial charge in [0.1, 0.15) is 0 Å². The first-order valence-corrected chi connectivity index (χ1v) is 10.9. The summed E-state index contributed by atoms with van der Waals surface area (Å²) in [4.78, 5) is 19.9. The van der Waals surface area contributed by atoms with E-state index in [9.17, 15) is 4.79 Å². The molecule has 0 bridgehead atoms. The number of hydrogen-bond donors (Lipinski definition) is 0. The second-order valence-electron chi connectivity index (χ2n) is 8.14. The van der Waals surface area contributed by atoms with Crippen LogP contribution in [0.4, 0.5) is 0 Å². The Morgan fingerprint density at radius 1 is 1.26 bits per heavy atom. The number of benzene rings is 1. The van der Waals surface area contributed by atoms with Crippen molar-refractivity contribution in [2.45, 2.75) is 52.1 Å². The Kier molecular flexibility index (Phi) is 6.51. The van der Waals surface area contributed by atoms with Crippen molar-refractivity contribution in [3.05, 3.63) is 59.2 Å². The highest BCUT2D eigenvalue weighted by atomic mass is 16.5. The minimum absolute atomic E-state index is 0.123. The third-order valence-corrected chi connectivity index (χ3v) is 6.15. The van der Waals surface area contributed by atoms with Crippen LogP contribution in [-0.4, -0.2) is 51.8 Å². The van der Waals surface area contributed by atoms with E-state index in [2.05, 4.69) is 14.7 Å². The van der Waals surface area contributed by atoms with Crippen LogP contribution in [0.25, 0.3) is 11.5 Å². The van der Waals surface area contributed by atoms with E-state index < -0.39 is 0 Å². The number of likely N-dealkylation sites (tertiary alicyclic amines) is 1. The van der Waals surface area contributed by atoms with Gasteiger partial charge in [0.2, 0.25) is 0 Å². The predicted molar refractivity (Wildman–Crippen MR) is 118 cm³/mol. The molecule has 1 aliphatic heterocycles. The van der Waals surface area contributed by atoms with Gasteiger partial charge in [0.05, 0.1) is 12.2 Å². The topological polar surface area (TPSA) is 73.4 Å². The second-order valence-corrected chi connectivity index (χ2v) is 8.14. The molecular weight excluding hydrogens is 392 g/mol. The van der Waals surface area contributed by atoms with Gasteiger partial charge < -0.3 is 18.7 Å². The van der Waals surface area contributed by atoms with Gasteiger partial charge in [-0.2, -0.15) is 4.98 Å². The van der Waals surface area contributed by atoms with Gasteiger partial charge in [0, 0.05) is 49.6 Å². The average molecular weight is 423 g/mol. The van der Waals surface area contributed by atoms with E-state index >= 15 is 0 Å². The van der Waals surface area contributed by atoms with Crippen molar-refractivity contribution in [1.82, 2.24) is 19.6 Å². The lowest BCUT2D eigenvalue weighted by atomic mass is 10.1. The lowest BCUT2D eigenvalue weighted by Gasteiger charge is -2.24. The minimum atomic E-state index is 0.123. The summed E-state index contributed by atoms with van der Waals surface area (Å²) in [6.07, 6.45) is 3.57. The minimum Gasteiger partial charge on any atom is -0.383 e. The number of aryl methyl sites for hydroxylation is 2. The molecule has 1 atom stereocenters. The van der Waals surface area contributed by atoms with Crippen molar-refractivity contribution < 1.29 is 14.1 Å². The molecule has 0 saturated carbocycles. The number of aromatic nitrogens is 3. The fourth-order valence-corrected chi connectivity index (χ4v) is 4.45. The smallest absolute Gasteiger partial charge is 0.257 e. The molecule has 3 aromatic rings. The fourth-order valence-electron chi connectivity index (χ4n) is 4.45. The summed E-state index contributed by atoms with van der Waals surface area (Å²) in [5.74, 6) is 1.35. The van der Waals surface area contributed by atoms with Crippen LogP contribution in [0.3, 0.4) is 0 Å². The molecule has 1 fully saturated rings. The molecule has 1 amide bonds. The fraction of sp³-hybridized carbons (Fsp3) is 0.458. The van der Waals surface area contributed by atoms with Gasteiger partial charge in [-0.05, 0) is 51.3 Å². The molecule has 0 spiro atoms. The highest BCUT2D eigenvalue weighted by Gasteiger charge is 2.31. The highest BCUT2D eigenvalue weighted by Crippen LogP contribution is 2.26. The second kappa shape index (κ2) is 9.47. The molecule has 0 radical (unpaired) electrons. The van der Waals surface area contributed by atoms with E-state index in [0.29, 0.717) is 24.7 Å².